The zero-order chi connectivity index (χ0) is 55.7. The fourth-order valence-electron chi connectivity index (χ4n) is 10.1. The van der Waals surface area contributed by atoms with Crippen LogP contribution in [0, 0.1) is 0 Å². The molecule has 0 aliphatic rings. The quantitative estimate of drug-likeness (QED) is 0.0261. The van der Waals surface area contributed by atoms with Gasteiger partial charge in [0.15, 0.2) is 6.10 Å². The minimum atomic E-state index is -0.779. The van der Waals surface area contributed by atoms with Crippen LogP contribution in [0.15, 0.2) is 48.6 Å². The second-order valence-electron chi connectivity index (χ2n) is 23.1. The highest BCUT2D eigenvalue weighted by atomic mass is 16.6. The average Bonchev–Trinajstić information content (AvgIpc) is 3.43. The minimum absolute atomic E-state index is 0.0749. The Kier molecular flexibility index (Phi) is 63.6. The summed E-state index contributed by atoms with van der Waals surface area (Å²) in [6, 6.07) is 0. The van der Waals surface area contributed by atoms with Gasteiger partial charge in [-0.2, -0.15) is 0 Å². The molecule has 0 bridgehead atoms. The molecule has 6 nitrogen and oxygen atoms in total. The summed E-state index contributed by atoms with van der Waals surface area (Å²) in [5.41, 5.74) is 0. The molecule has 0 aromatic rings. The number of hydrogen-bond donors (Lipinski definition) is 0. The van der Waals surface area contributed by atoms with Gasteiger partial charge >= 0.3 is 17.9 Å². The van der Waals surface area contributed by atoms with Crippen LogP contribution < -0.4 is 0 Å². The van der Waals surface area contributed by atoms with Gasteiger partial charge < -0.3 is 14.2 Å². The number of esters is 3. The third-order valence-corrected chi connectivity index (χ3v) is 15.3. The van der Waals surface area contributed by atoms with Crippen LogP contribution in [-0.2, 0) is 28.6 Å². The van der Waals surface area contributed by atoms with Crippen molar-refractivity contribution in [1.29, 1.82) is 0 Å². The Morgan fingerprint density at radius 3 is 0.727 bits per heavy atom. The number of unbranched alkanes of at least 4 members (excludes halogenated alkanes) is 44. The lowest BCUT2D eigenvalue weighted by molar-refractivity contribution is -0.167. The molecule has 0 aromatic carbocycles. The van der Waals surface area contributed by atoms with Gasteiger partial charge in [0.05, 0.1) is 0 Å². The maximum atomic E-state index is 12.9. The molecule has 6 heteroatoms. The van der Waals surface area contributed by atoms with Crippen LogP contribution in [0.3, 0.4) is 0 Å². The van der Waals surface area contributed by atoms with E-state index in [9.17, 15) is 14.4 Å². The molecule has 0 aliphatic carbocycles. The number of hydrogen-bond acceptors (Lipinski definition) is 6. The van der Waals surface area contributed by atoms with E-state index in [2.05, 4.69) is 69.4 Å². The standard InChI is InChI=1S/C71H130O6/c1-4-7-10-13-16-19-22-25-28-30-32-34-35-37-38-40-43-46-49-52-55-58-61-64-70(73)76-67-68(66-75-69(72)63-60-57-54-51-48-45-42-27-24-21-18-15-12-9-6-3)77-71(74)65-62-59-56-53-50-47-44-41-39-36-33-31-29-26-23-20-17-14-11-8-5-2/h22,25,27,30-33,42,68H,4-21,23-24,26,28-29,34-41,43-67H2,1-3H3/b25-22-,32-30-,33-31-,42-27-. The zero-order valence-electron chi connectivity index (χ0n) is 51.7. The van der Waals surface area contributed by atoms with Crippen LogP contribution in [0.4, 0.5) is 0 Å². The van der Waals surface area contributed by atoms with E-state index in [4.69, 9.17) is 14.2 Å². The molecular formula is C71H130O6. The van der Waals surface area contributed by atoms with Gasteiger partial charge in [0, 0.05) is 19.3 Å². The van der Waals surface area contributed by atoms with E-state index >= 15 is 0 Å². The highest BCUT2D eigenvalue weighted by molar-refractivity contribution is 5.71. The molecule has 0 heterocycles. The SMILES string of the molecule is CCCCCCC/C=C\C/C=C\CCCCCCCCCCCCCC(=O)OCC(COC(=O)CCCCCCC/C=C\CCCCCCCC)OC(=O)CCCCCCCCCCC/C=C\CCCCCCCCCC. The number of carbonyl (C=O) groups is 3. The van der Waals surface area contributed by atoms with E-state index < -0.39 is 6.10 Å². The molecule has 1 unspecified atom stereocenters. The normalized spacial score (nSPS) is 12.3. The van der Waals surface area contributed by atoms with E-state index in [0.29, 0.717) is 19.3 Å². The highest BCUT2D eigenvalue weighted by Crippen LogP contribution is 2.17. The molecule has 0 aromatic heterocycles. The summed E-state index contributed by atoms with van der Waals surface area (Å²) >= 11 is 0. The van der Waals surface area contributed by atoms with Crippen molar-refractivity contribution >= 4 is 17.9 Å². The zero-order valence-corrected chi connectivity index (χ0v) is 51.7. The van der Waals surface area contributed by atoms with Crippen molar-refractivity contribution in [3.05, 3.63) is 48.6 Å². The first-order valence-electron chi connectivity index (χ1n) is 34.1. The Bertz CT molecular complexity index is 1330. The summed E-state index contributed by atoms with van der Waals surface area (Å²) < 4.78 is 17.0. The smallest absolute Gasteiger partial charge is 0.306 e. The second-order valence-corrected chi connectivity index (χ2v) is 23.1. The van der Waals surface area contributed by atoms with Crippen molar-refractivity contribution in [3.8, 4) is 0 Å². The monoisotopic (exact) mass is 1080 g/mol. The number of allylic oxidation sites excluding steroid dienone is 8. The van der Waals surface area contributed by atoms with Gasteiger partial charge in [0.25, 0.3) is 0 Å². The summed E-state index contributed by atoms with van der Waals surface area (Å²) in [6.45, 7) is 6.67. The number of ether oxygens (including phenoxy) is 3. The highest BCUT2D eigenvalue weighted by Gasteiger charge is 2.19. The van der Waals surface area contributed by atoms with Gasteiger partial charge in [-0.25, -0.2) is 0 Å². The first-order valence-corrected chi connectivity index (χ1v) is 34.1. The van der Waals surface area contributed by atoms with Gasteiger partial charge in [-0.1, -0.05) is 294 Å². The van der Waals surface area contributed by atoms with Crippen molar-refractivity contribution in [2.45, 2.75) is 374 Å². The summed E-state index contributed by atoms with van der Waals surface area (Å²) in [7, 11) is 0. The second kappa shape index (κ2) is 65.9. The first-order chi connectivity index (χ1) is 38.0. The summed E-state index contributed by atoms with van der Waals surface area (Å²) in [5.74, 6) is -0.865. The molecule has 1 atom stereocenters. The van der Waals surface area contributed by atoms with Gasteiger partial charge in [-0.3, -0.25) is 14.4 Å². The molecule has 0 saturated heterocycles. The predicted octanol–water partition coefficient (Wildman–Crippen LogP) is 23.3. The molecule has 0 fully saturated rings. The molecule has 450 valence electrons. The number of rotatable bonds is 63. The van der Waals surface area contributed by atoms with E-state index in [1.807, 2.05) is 0 Å². The molecule has 0 amide bonds. The summed E-state index contributed by atoms with van der Waals surface area (Å²) in [6.07, 6.45) is 82.7. The van der Waals surface area contributed by atoms with Crippen molar-refractivity contribution in [1.82, 2.24) is 0 Å². The lowest BCUT2D eigenvalue weighted by Gasteiger charge is -2.18. The maximum Gasteiger partial charge on any atom is 0.306 e. The van der Waals surface area contributed by atoms with E-state index in [-0.39, 0.29) is 31.1 Å². The molecule has 0 radical (unpaired) electrons. The van der Waals surface area contributed by atoms with E-state index in [1.165, 1.54) is 257 Å². The Morgan fingerprint density at radius 2 is 0.468 bits per heavy atom. The molecule has 0 aliphatic heterocycles. The summed E-state index contributed by atoms with van der Waals surface area (Å²) in [4.78, 5) is 38.4. The van der Waals surface area contributed by atoms with Gasteiger partial charge in [0.1, 0.15) is 13.2 Å². The fraction of sp³-hybridized carbons (Fsp3) is 0.845. The Hall–Kier alpha value is -2.63. The lowest BCUT2D eigenvalue weighted by Crippen LogP contribution is -2.30. The molecule has 0 N–H and O–H groups in total. The van der Waals surface area contributed by atoms with Crippen molar-refractivity contribution in [2.75, 3.05) is 13.2 Å². The maximum absolute atomic E-state index is 12.9. The molecule has 0 spiro atoms. The van der Waals surface area contributed by atoms with Crippen LogP contribution in [-0.4, -0.2) is 37.2 Å². The predicted molar refractivity (Wildman–Crippen MR) is 335 cm³/mol. The number of carbonyl (C=O) groups excluding carboxylic acids is 3. The van der Waals surface area contributed by atoms with Crippen LogP contribution in [0.25, 0.3) is 0 Å². The fourth-order valence-corrected chi connectivity index (χ4v) is 10.1. The minimum Gasteiger partial charge on any atom is -0.462 e. The van der Waals surface area contributed by atoms with Crippen molar-refractivity contribution in [2.24, 2.45) is 0 Å². The third-order valence-electron chi connectivity index (χ3n) is 15.3. The summed E-state index contributed by atoms with van der Waals surface area (Å²) in [5, 5.41) is 0. The van der Waals surface area contributed by atoms with Crippen molar-refractivity contribution < 1.29 is 28.6 Å². The van der Waals surface area contributed by atoms with Gasteiger partial charge in [-0.05, 0) is 103 Å². The lowest BCUT2D eigenvalue weighted by atomic mass is 10.0. The van der Waals surface area contributed by atoms with E-state index in [0.717, 1.165) is 70.6 Å². The third kappa shape index (κ3) is 64.1. The van der Waals surface area contributed by atoms with E-state index in [1.54, 1.807) is 0 Å². The topological polar surface area (TPSA) is 78.9 Å². The molecule has 0 saturated carbocycles. The average molecular weight is 1080 g/mol. The molecule has 77 heavy (non-hydrogen) atoms. The first kappa shape index (κ1) is 74.4. The van der Waals surface area contributed by atoms with Crippen LogP contribution >= 0.6 is 0 Å². The molecule has 0 rings (SSSR count). The Balaban J connectivity index is 4.32. The van der Waals surface area contributed by atoms with Crippen molar-refractivity contribution in [3.63, 3.8) is 0 Å². The van der Waals surface area contributed by atoms with Crippen LogP contribution in [0.5, 0.6) is 0 Å². The largest absolute Gasteiger partial charge is 0.462 e. The van der Waals surface area contributed by atoms with Gasteiger partial charge in [-0.15, -0.1) is 0 Å². The Labute approximate surface area is 479 Å². The van der Waals surface area contributed by atoms with Gasteiger partial charge in [0.2, 0.25) is 0 Å². The Morgan fingerprint density at radius 1 is 0.260 bits per heavy atom. The van der Waals surface area contributed by atoms with Crippen LogP contribution in [0.1, 0.15) is 367 Å². The molecular weight excluding hydrogens is 949 g/mol. The van der Waals surface area contributed by atoms with Crippen LogP contribution in [0.2, 0.25) is 0 Å².